The molecular weight excluding hydrogens is 274 g/mol. The standard InChI is InChI=1S/C14H11N3O2S/c18-9-11-6-7-13(19-11)20-14-15-12(16-17-14)8-10-4-2-1-3-5-10/h1-7,9H,8H2,(H,15,16,17). The van der Waals surface area contributed by atoms with Crippen LogP contribution in [0.3, 0.4) is 0 Å². The average Bonchev–Trinajstić information content (AvgIpc) is 3.10. The van der Waals surface area contributed by atoms with E-state index >= 15 is 0 Å². The van der Waals surface area contributed by atoms with Crippen LogP contribution in [0.4, 0.5) is 0 Å². The number of carbonyl (C=O) groups excluding carboxylic acids is 1. The van der Waals surface area contributed by atoms with Gasteiger partial charge in [-0.3, -0.25) is 9.89 Å². The van der Waals surface area contributed by atoms with Gasteiger partial charge in [0.2, 0.25) is 5.16 Å². The molecule has 0 radical (unpaired) electrons. The van der Waals surface area contributed by atoms with Crippen LogP contribution in [-0.4, -0.2) is 21.5 Å². The van der Waals surface area contributed by atoms with Gasteiger partial charge in [-0.1, -0.05) is 30.3 Å². The van der Waals surface area contributed by atoms with Crippen LogP contribution >= 0.6 is 11.8 Å². The van der Waals surface area contributed by atoms with Crippen molar-refractivity contribution in [2.75, 3.05) is 0 Å². The summed E-state index contributed by atoms with van der Waals surface area (Å²) in [4.78, 5) is 14.9. The largest absolute Gasteiger partial charge is 0.447 e. The van der Waals surface area contributed by atoms with Crippen LogP contribution < -0.4 is 0 Å². The van der Waals surface area contributed by atoms with Crippen LogP contribution in [0.15, 0.2) is 57.1 Å². The van der Waals surface area contributed by atoms with E-state index in [1.54, 1.807) is 12.1 Å². The van der Waals surface area contributed by atoms with Gasteiger partial charge in [-0.2, -0.15) is 0 Å². The van der Waals surface area contributed by atoms with E-state index in [4.69, 9.17) is 4.42 Å². The third-order valence-corrected chi connectivity index (χ3v) is 3.42. The second-order valence-corrected chi connectivity index (χ2v) is 5.08. The van der Waals surface area contributed by atoms with E-state index in [1.165, 1.54) is 17.3 Å². The molecule has 0 spiro atoms. The highest BCUT2D eigenvalue weighted by atomic mass is 32.2. The second-order valence-electron chi connectivity index (χ2n) is 4.10. The molecular formula is C14H11N3O2S. The van der Waals surface area contributed by atoms with E-state index in [1.807, 2.05) is 30.3 Å². The predicted octanol–water partition coefficient (Wildman–Crippen LogP) is 2.95. The third kappa shape index (κ3) is 2.97. The van der Waals surface area contributed by atoms with Crippen molar-refractivity contribution in [3.05, 3.63) is 59.6 Å². The summed E-state index contributed by atoms with van der Waals surface area (Å²) in [5, 5.41) is 8.19. The number of carbonyl (C=O) groups is 1. The van der Waals surface area contributed by atoms with Crippen LogP contribution in [0.1, 0.15) is 21.9 Å². The first-order valence-corrected chi connectivity index (χ1v) is 6.83. The van der Waals surface area contributed by atoms with Crippen LogP contribution in [0.2, 0.25) is 0 Å². The molecule has 0 saturated carbocycles. The first-order valence-electron chi connectivity index (χ1n) is 6.01. The summed E-state index contributed by atoms with van der Waals surface area (Å²) in [5.41, 5.74) is 1.17. The summed E-state index contributed by atoms with van der Waals surface area (Å²) in [6, 6.07) is 13.4. The summed E-state index contributed by atoms with van der Waals surface area (Å²) in [6.07, 6.45) is 1.37. The van der Waals surface area contributed by atoms with Gasteiger partial charge in [0.25, 0.3) is 0 Å². The normalized spacial score (nSPS) is 10.6. The van der Waals surface area contributed by atoms with Gasteiger partial charge in [-0.15, -0.1) is 5.10 Å². The van der Waals surface area contributed by atoms with Crippen molar-refractivity contribution in [1.29, 1.82) is 0 Å². The van der Waals surface area contributed by atoms with Gasteiger partial charge in [0.15, 0.2) is 17.1 Å². The van der Waals surface area contributed by atoms with Gasteiger partial charge in [-0.25, -0.2) is 4.98 Å². The Labute approximate surface area is 119 Å². The highest BCUT2D eigenvalue weighted by Gasteiger charge is 2.09. The lowest BCUT2D eigenvalue weighted by atomic mass is 10.1. The number of aromatic nitrogens is 3. The van der Waals surface area contributed by atoms with E-state index in [0.717, 1.165) is 5.82 Å². The van der Waals surface area contributed by atoms with Gasteiger partial charge >= 0.3 is 0 Å². The monoisotopic (exact) mass is 285 g/mol. The fourth-order valence-electron chi connectivity index (χ4n) is 1.73. The minimum atomic E-state index is 0.299. The Balaban J connectivity index is 1.69. The molecule has 0 aliphatic rings. The van der Waals surface area contributed by atoms with Crippen LogP contribution in [-0.2, 0) is 6.42 Å². The number of aldehydes is 1. The third-order valence-electron chi connectivity index (χ3n) is 2.64. The zero-order valence-electron chi connectivity index (χ0n) is 10.4. The minimum absolute atomic E-state index is 0.299. The van der Waals surface area contributed by atoms with Gasteiger partial charge in [-0.05, 0) is 29.5 Å². The molecule has 0 atom stereocenters. The van der Waals surface area contributed by atoms with Crippen LogP contribution in [0, 0.1) is 0 Å². The number of H-pyrrole nitrogens is 1. The molecule has 6 heteroatoms. The van der Waals surface area contributed by atoms with Crippen molar-refractivity contribution in [2.24, 2.45) is 0 Å². The zero-order chi connectivity index (χ0) is 13.8. The van der Waals surface area contributed by atoms with Gasteiger partial charge < -0.3 is 4.42 Å². The molecule has 0 amide bonds. The summed E-state index contributed by atoms with van der Waals surface area (Å²) in [6.45, 7) is 0. The molecule has 2 aromatic heterocycles. The van der Waals surface area contributed by atoms with E-state index < -0.39 is 0 Å². The first kappa shape index (κ1) is 12.7. The topological polar surface area (TPSA) is 71.8 Å². The van der Waals surface area contributed by atoms with Crippen molar-refractivity contribution in [3.63, 3.8) is 0 Å². The second kappa shape index (κ2) is 5.75. The maximum Gasteiger partial charge on any atom is 0.216 e. The number of benzene rings is 1. The maximum absolute atomic E-state index is 10.5. The Morgan fingerprint density at radius 2 is 2.05 bits per heavy atom. The molecule has 0 aliphatic carbocycles. The Kier molecular flexibility index (Phi) is 3.64. The number of hydrogen-bond acceptors (Lipinski definition) is 5. The van der Waals surface area contributed by atoms with Gasteiger partial charge in [0.1, 0.15) is 5.82 Å². The highest BCUT2D eigenvalue weighted by molar-refractivity contribution is 7.99. The summed E-state index contributed by atoms with van der Waals surface area (Å²) in [7, 11) is 0. The molecule has 1 aromatic carbocycles. The van der Waals surface area contributed by atoms with E-state index in [2.05, 4.69) is 15.2 Å². The minimum Gasteiger partial charge on any atom is -0.447 e. The molecule has 100 valence electrons. The molecule has 0 fully saturated rings. The fraction of sp³-hybridized carbons (Fsp3) is 0.0714. The molecule has 3 rings (SSSR count). The number of nitrogens with zero attached hydrogens (tertiary/aromatic N) is 2. The van der Waals surface area contributed by atoms with Gasteiger partial charge in [0.05, 0.1) is 0 Å². The van der Waals surface area contributed by atoms with Crippen molar-refractivity contribution in [2.45, 2.75) is 16.7 Å². The molecule has 0 bridgehead atoms. The maximum atomic E-state index is 10.5. The Bertz CT molecular complexity index is 706. The summed E-state index contributed by atoms with van der Waals surface area (Å²) in [5.74, 6) is 1.09. The lowest BCUT2D eigenvalue weighted by molar-refractivity contribution is 0.109. The quantitative estimate of drug-likeness (QED) is 0.730. The smallest absolute Gasteiger partial charge is 0.216 e. The highest BCUT2D eigenvalue weighted by Crippen LogP contribution is 2.26. The van der Waals surface area contributed by atoms with Crippen molar-refractivity contribution in [1.82, 2.24) is 15.2 Å². The van der Waals surface area contributed by atoms with Crippen LogP contribution in [0.25, 0.3) is 0 Å². The number of furan rings is 1. The van der Waals surface area contributed by atoms with Crippen molar-refractivity contribution >= 4 is 18.0 Å². The predicted molar refractivity (Wildman–Crippen MR) is 73.8 cm³/mol. The van der Waals surface area contributed by atoms with E-state index in [0.29, 0.717) is 28.7 Å². The number of aromatic amines is 1. The summed E-state index contributed by atoms with van der Waals surface area (Å²) >= 11 is 1.28. The Hall–Kier alpha value is -2.34. The van der Waals surface area contributed by atoms with Crippen molar-refractivity contribution < 1.29 is 9.21 Å². The van der Waals surface area contributed by atoms with Gasteiger partial charge in [0, 0.05) is 6.42 Å². The molecule has 2 heterocycles. The average molecular weight is 285 g/mol. The van der Waals surface area contributed by atoms with Crippen molar-refractivity contribution in [3.8, 4) is 0 Å². The lowest BCUT2D eigenvalue weighted by Gasteiger charge is -1.95. The molecule has 20 heavy (non-hydrogen) atoms. The lowest BCUT2D eigenvalue weighted by Crippen LogP contribution is -1.89. The fourth-order valence-corrected chi connectivity index (χ4v) is 2.44. The Morgan fingerprint density at radius 3 is 2.80 bits per heavy atom. The van der Waals surface area contributed by atoms with Crippen LogP contribution in [0.5, 0.6) is 0 Å². The number of rotatable bonds is 5. The number of hydrogen-bond donors (Lipinski definition) is 1. The van der Waals surface area contributed by atoms with E-state index in [9.17, 15) is 4.79 Å². The SMILES string of the molecule is O=Cc1ccc(Sc2n[nH]c(Cc3ccccc3)n2)o1. The molecule has 1 N–H and O–H groups in total. The molecule has 3 aromatic rings. The first-order chi connectivity index (χ1) is 9.83. The van der Waals surface area contributed by atoms with E-state index in [-0.39, 0.29) is 0 Å². The number of nitrogens with one attached hydrogen (secondary N) is 1. The Morgan fingerprint density at radius 1 is 1.20 bits per heavy atom. The molecule has 0 aliphatic heterocycles. The molecule has 0 saturated heterocycles. The molecule has 5 nitrogen and oxygen atoms in total. The summed E-state index contributed by atoms with van der Waals surface area (Å²) < 4.78 is 5.27. The zero-order valence-corrected chi connectivity index (χ0v) is 11.3. The molecule has 0 unspecified atom stereocenters.